The van der Waals surface area contributed by atoms with E-state index >= 15 is 0 Å². The molecule has 18 heavy (non-hydrogen) atoms. The van der Waals surface area contributed by atoms with E-state index in [0.29, 0.717) is 16.3 Å². The molecule has 2 atom stereocenters. The standard InChI is InChI=1S/C15H21BrOS/c16-13-11-14(15(13)7-2-1-3-8-15)17-9-6-12-5-4-10-18-12/h4-5,10,13-14H,1-3,6-9,11H2. The van der Waals surface area contributed by atoms with Gasteiger partial charge < -0.3 is 4.74 Å². The molecule has 1 aromatic heterocycles. The summed E-state index contributed by atoms with van der Waals surface area (Å²) in [7, 11) is 0. The molecule has 3 rings (SSSR count). The van der Waals surface area contributed by atoms with Crippen LogP contribution in [-0.4, -0.2) is 17.5 Å². The number of hydrogen-bond donors (Lipinski definition) is 0. The van der Waals surface area contributed by atoms with Gasteiger partial charge in [-0.1, -0.05) is 41.3 Å². The van der Waals surface area contributed by atoms with Gasteiger partial charge in [0, 0.05) is 21.5 Å². The van der Waals surface area contributed by atoms with Gasteiger partial charge in [-0.2, -0.15) is 0 Å². The molecule has 100 valence electrons. The SMILES string of the molecule is BrC1CC(OCCc2cccs2)C12CCCCC2. The van der Waals surface area contributed by atoms with E-state index in [1.165, 1.54) is 43.4 Å². The van der Waals surface area contributed by atoms with Gasteiger partial charge in [0.2, 0.25) is 0 Å². The Morgan fingerprint density at radius 1 is 1.33 bits per heavy atom. The Labute approximate surface area is 122 Å². The maximum absolute atomic E-state index is 6.19. The fraction of sp³-hybridized carbons (Fsp3) is 0.733. The van der Waals surface area contributed by atoms with E-state index in [1.54, 1.807) is 0 Å². The minimum Gasteiger partial charge on any atom is -0.377 e. The second kappa shape index (κ2) is 5.64. The van der Waals surface area contributed by atoms with Crippen molar-refractivity contribution in [2.45, 2.75) is 55.9 Å². The van der Waals surface area contributed by atoms with Gasteiger partial charge in [-0.3, -0.25) is 0 Å². The van der Waals surface area contributed by atoms with Crippen LogP contribution >= 0.6 is 27.3 Å². The van der Waals surface area contributed by atoms with Crippen molar-refractivity contribution in [2.75, 3.05) is 6.61 Å². The van der Waals surface area contributed by atoms with Gasteiger partial charge in [0.15, 0.2) is 0 Å². The Kier molecular flexibility index (Phi) is 4.12. The highest BCUT2D eigenvalue weighted by Gasteiger charge is 2.54. The number of alkyl halides is 1. The largest absolute Gasteiger partial charge is 0.377 e. The third-order valence-electron chi connectivity index (χ3n) is 4.72. The van der Waals surface area contributed by atoms with Crippen LogP contribution in [0.2, 0.25) is 0 Å². The highest BCUT2D eigenvalue weighted by molar-refractivity contribution is 9.09. The monoisotopic (exact) mass is 328 g/mol. The molecule has 1 heterocycles. The molecule has 3 heteroatoms. The van der Waals surface area contributed by atoms with Crippen LogP contribution in [0.5, 0.6) is 0 Å². The topological polar surface area (TPSA) is 9.23 Å². The summed E-state index contributed by atoms with van der Waals surface area (Å²) < 4.78 is 6.19. The molecule has 0 saturated heterocycles. The molecule has 2 aliphatic carbocycles. The Balaban J connectivity index is 1.50. The predicted octanol–water partition coefficient (Wildman–Crippen LogP) is 4.79. The van der Waals surface area contributed by atoms with E-state index in [2.05, 4.69) is 33.4 Å². The summed E-state index contributed by atoms with van der Waals surface area (Å²) in [5.74, 6) is 0. The number of rotatable bonds is 4. The molecule has 2 saturated carbocycles. The highest BCUT2D eigenvalue weighted by atomic mass is 79.9. The summed E-state index contributed by atoms with van der Waals surface area (Å²) in [6.07, 6.45) is 9.76. The van der Waals surface area contributed by atoms with Crippen molar-refractivity contribution in [3.8, 4) is 0 Å². The maximum Gasteiger partial charge on any atom is 0.0653 e. The average Bonchev–Trinajstić information content (AvgIpc) is 2.92. The highest BCUT2D eigenvalue weighted by Crippen LogP contribution is 2.56. The summed E-state index contributed by atoms with van der Waals surface area (Å²) in [6.45, 7) is 0.895. The zero-order chi connectivity index (χ0) is 12.4. The molecule has 0 aromatic carbocycles. The van der Waals surface area contributed by atoms with Gasteiger partial charge in [-0.25, -0.2) is 0 Å². The van der Waals surface area contributed by atoms with Gasteiger partial charge in [0.25, 0.3) is 0 Å². The molecule has 1 aromatic rings. The first-order valence-electron chi connectivity index (χ1n) is 7.09. The molecule has 2 fully saturated rings. The second-order valence-corrected chi connectivity index (χ2v) is 7.82. The van der Waals surface area contributed by atoms with E-state index in [4.69, 9.17) is 4.74 Å². The van der Waals surface area contributed by atoms with Crippen LogP contribution in [0.1, 0.15) is 43.4 Å². The Bertz CT molecular complexity index is 370. The first kappa shape index (κ1) is 13.1. The number of halogens is 1. The van der Waals surface area contributed by atoms with Crippen molar-refractivity contribution in [3.05, 3.63) is 22.4 Å². The lowest BCUT2D eigenvalue weighted by atomic mass is 9.58. The van der Waals surface area contributed by atoms with E-state index in [1.807, 2.05) is 11.3 Å². The fourth-order valence-electron chi connectivity index (χ4n) is 3.53. The van der Waals surface area contributed by atoms with Crippen LogP contribution in [0.25, 0.3) is 0 Å². The van der Waals surface area contributed by atoms with Crippen LogP contribution < -0.4 is 0 Å². The molecule has 0 aliphatic heterocycles. The zero-order valence-corrected chi connectivity index (χ0v) is 13.1. The molecular weight excluding hydrogens is 308 g/mol. The Morgan fingerprint density at radius 3 is 2.83 bits per heavy atom. The molecule has 2 aliphatic rings. The summed E-state index contributed by atoms with van der Waals surface area (Å²) in [5.41, 5.74) is 0.480. The Hall–Kier alpha value is 0.140. The van der Waals surface area contributed by atoms with Crippen molar-refractivity contribution >= 4 is 27.3 Å². The first-order chi connectivity index (χ1) is 8.81. The molecule has 0 amide bonds. The molecule has 0 bridgehead atoms. The van der Waals surface area contributed by atoms with Crippen LogP contribution in [0.15, 0.2) is 17.5 Å². The van der Waals surface area contributed by atoms with Crippen molar-refractivity contribution in [1.29, 1.82) is 0 Å². The van der Waals surface area contributed by atoms with Crippen molar-refractivity contribution in [3.63, 3.8) is 0 Å². The van der Waals surface area contributed by atoms with Crippen LogP contribution in [0.4, 0.5) is 0 Å². The van der Waals surface area contributed by atoms with Crippen LogP contribution in [0, 0.1) is 5.41 Å². The van der Waals surface area contributed by atoms with E-state index in [-0.39, 0.29) is 0 Å². The average molecular weight is 329 g/mol. The molecule has 2 unspecified atom stereocenters. The molecule has 1 nitrogen and oxygen atoms in total. The van der Waals surface area contributed by atoms with E-state index in [9.17, 15) is 0 Å². The lowest BCUT2D eigenvalue weighted by Gasteiger charge is -2.55. The molecule has 0 radical (unpaired) electrons. The second-order valence-electron chi connectivity index (χ2n) is 5.69. The smallest absolute Gasteiger partial charge is 0.0653 e. The maximum atomic E-state index is 6.19. The first-order valence-corrected chi connectivity index (χ1v) is 8.89. The van der Waals surface area contributed by atoms with Crippen LogP contribution in [-0.2, 0) is 11.2 Å². The number of hydrogen-bond acceptors (Lipinski definition) is 2. The number of ether oxygens (including phenoxy) is 1. The van der Waals surface area contributed by atoms with Crippen molar-refractivity contribution in [2.24, 2.45) is 5.41 Å². The minimum absolute atomic E-state index is 0.480. The van der Waals surface area contributed by atoms with Gasteiger partial charge in [-0.05, 0) is 30.7 Å². The van der Waals surface area contributed by atoms with Crippen LogP contribution in [0.3, 0.4) is 0 Å². The zero-order valence-electron chi connectivity index (χ0n) is 10.7. The van der Waals surface area contributed by atoms with E-state index in [0.717, 1.165) is 13.0 Å². The van der Waals surface area contributed by atoms with Gasteiger partial charge >= 0.3 is 0 Å². The summed E-state index contributed by atoms with van der Waals surface area (Å²) in [5, 5.41) is 2.15. The quantitative estimate of drug-likeness (QED) is 0.722. The summed E-state index contributed by atoms with van der Waals surface area (Å²) in [6, 6.07) is 4.33. The van der Waals surface area contributed by atoms with Gasteiger partial charge in [0.1, 0.15) is 0 Å². The minimum atomic E-state index is 0.480. The van der Waals surface area contributed by atoms with Gasteiger partial charge in [0.05, 0.1) is 12.7 Å². The third-order valence-corrected chi connectivity index (χ3v) is 6.94. The normalized spacial score (nSPS) is 30.3. The molecular formula is C15H21BrOS. The summed E-state index contributed by atoms with van der Waals surface area (Å²) in [4.78, 5) is 2.15. The number of thiophene rings is 1. The van der Waals surface area contributed by atoms with Crippen molar-refractivity contribution in [1.82, 2.24) is 0 Å². The Morgan fingerprint density at radius 2 is 2.17 bits per heavy atom. The third kappa shape index (κ3) is 2.41. The predicted molar refractivity (Wildman–Crippen MR) is 80.6 cm³/mol. The lowest BCUT2D eigenvalue weighted by molar-refractivity contribution is -0.119. The van der Waals surface area contributed by atoms with Gasteiger partial charge in [-0.15, -0.1) is 11.3 Å². The molecule has 1 spiro atoms. The fourth-order valence-corrected chi connectivity index (χ4v) is 5.32. The van der Waals surface area contributed by atoms with E-state index < -0.39 is 0 Å². The summed E-state index contributed by atoms with van der Waals surface area (Å²) >= 11 is 5.71. The lowest BCUT2D eigenvalue weighted by Crippen LogP contribution is -2.56. The van der Waals surface area contributed by atoms with Crippen molar-refractivity contribution < 1.29 is 4.74 Å². The molecule has 0 N–H and O–H groups in total.